The zero-order valence-corrected chi connectivity index (χ0v) is 8.94. The van der Waals surface area contributed by atoms with Gasteiger partial charge < -0.3 is 10.5 Å². The lowest BCUT2D eigenvalue weighted by atomic mass is 10.3. The van der Waals surface area contributed by atoms with Crippen LogP contribution in [-0.2, 0) is 0 Å². The first-order valence-electron chi connectivity index (χ1n) is 4.49. The van der Waals surface area contributed by atoms with Gasteiger partial charge in [-0.05, 0) is 25.1 Å². The average molecular weight is 215 g/mol. The van der Waals surface area contributed by atoms with Crippen molar-refractivity contribution < 1.29 is 9.13 Å². The number of benzene rings is 1. The summed E-state index contributed by atoms with van der Waals surface area (Å²) >= 11 is 1.41. The third-order valence-corrected chi connectivity index (χ3v) is 2.65. The monoisotopic (exact) mass is 215 g/mol. The highest BCUT2D eigenvalue weighted by Gasteiger charge is 2.02. The molecule has 0 aliphatic rings. The molecule has 0 unspecified atom stereocenters. The lowest BCUT2D eigenvalue weighted by Gasteiger charge is -2.07. The van der Waals surface area contributed by atoms with Crippen molar-refractivity contribution in [3.8, 4) is 5.75 Å². The summed E-state index contributed by atoms with van der Waals surface area (Å²) in [5.74, 6) is 1.21. The van der Waals surface area contributed by atoms with Gasteiger partial charge in [0.1, 0.15) is 5.75 Å². The number of ether oxygens (including phenoxy) is 1. The Morgan fingerprint density at radius 3 is 2.93 bits per heavy atom. The highest BCUT2D eigenvalue weighted by atomic mass is 32.2. The summed E-state index contributed by atoms with van der Waals surface area (Å²) in [7, 11) is 0. The maximum atomic E-state index is 12.0. The molecule has 1 aromatic rings. The van der Waals surface area contributed by atoms with Gasteiger partial charge in [0.05, 0.1) is 13.3 Å². The van der Waals surface area contributed by atoms with Gasteiger partial charge in [0.25, 0.3) is 0 Å². The second-order valence-electron chi connectivity index (χ2n) is 2.67. The fraction of sp³-hybridized carbons (Fsp3) is 0.400. The van der Waals surface area contributed by atoms with Crippen molar-refractivity contribution in [1.29, 1.82) is 0 Å². The summed E-state index contributed by atoms with van der Waals surface area (Å²) in [6, 6.07) is 5.45. The minimum atomic E-state index is -0.344. The van der Waals surface area contributed by atoms with Crippen molar-refractivity contribution in [2.24, 2.45) is 0 Å². The Morgan fingerprint density at radius 2 is 2.29 bits per heavy atom. The molecule has 78 valence electrons. The van der Waals surface area contributed by atoms with Crippen LogP contribution in [0.25, 0.3) is 0 Å². The number of halogens is 1. The standard InChI is InChI=1S/C10H14FNOS/c1-2-13-8-3-4-9(12)10(7-8)14-6-5-11/h3-4,7H,2,5-6,12H2,1H3. The fourth-order valence-corrected chi connectivity index (χ4v) is 1.78. The molecule has 0 spiro atoms. The predicted octanol–water partition coefficient (Wildman–Crippen LogP) is 2.73. The zero-order chi connectivity index (χ0) is 10.4. The minimum absolute atomic E-state index is 0.344. The molecule has 0 heterocycles. The van der Waals surface area contributed by atoms with Crippen LogP contribution < -0.4 is 10.5 Å². The molecule has 0 radical (unpaired) electrons. The Kier molecular flexibility index (Phi) is 4.59. The summed E-state index contributed by atoms with van der Waals surface area (Å²) in [6.45, 7) is 2.20. The highest BCUT2D eigenvalue weighted by molar-refractivity contribution is 7.99. The van der Waals surface area contributed by atoms with Gasteiger partial charge in [0, 0.05) is 16.3 Å². The second-order valence-corrected chi connectivity index (χ2v) is 3.81. The number of hydrogen-bond acceptors (Lipinski definition) is 3. The Labute approximate surface area is 87.6 Å². The molecule has 4 heteroatoms. The number of nitrogen functional groups attached to an aromatic ring is 1. The van der Waals surface area contributed by atoms with E-state index in [0.29, 0.717) is 18.0 Å². The second kappa shape index (κ2) is 5.75. The molecule has 2 nitrogen and oxygen atoms in total. The summed E-state index contributed by atoms with van der Waals surface area (Å²) in [5.41, 5.74) is 6.40. The zero-order valence-electron chi connectivity index (χ0n) is 8.13. The molecule has 0 aromatic heterocycles. The number of rotatable bonds is 5. The Balaban J connectivity index is 2.74. The first-order chi connectivity index (χ1) is 6.77. The largest absolute Gasteiger partial charge is 0.494 e. The van der Waals surface area contributed by atoms with Crippen LogP contribution in [0.15, 0.2) is 23.1 Å². The van der Waals surface area contributed by atoms with E-state index in [0.717, 1.165) is 10.6 Å². The van der Waals surface area contributed by atoms with Gasteiger partial charge in [-0.25, -0.2) is 0 Å². The van der Waals surface area contributed by atoms with Crippen molar-refractivity contribution >= 4 is 17.4 Å². The van der Waals surface area contributed by atoms with E-state index in [-0.39, 0.29) is 6.67 Å². The van der Waals surface area contributed by atoms with Gasteiger partial charge in [0.2, 0.25) is 0 Å². The molecule has 2 N–H and O–H groups in total. The fourth-order valence-electron chi connectivity index (χ4n) is 1.04. The lowest BCUT2D eigenvalue weighted by Crippen LogP contribution is -1.94. The molecule has 0 saturated heterocycles. The van der Waals surface area contributed by atoms with Gasteiger partial charge in [-0.3, -0.25) is 4.39 Å². The molecule has 0 amide bonds. The third-order valence-electron chi connectivity index (χ3n) is 1.63. The van der Waals surface area contributed by atoms with Crippen LogP contribution in [0.2, 0.25) is 0 Å². The van der Waals surface area contributed by atoms with E-state index >= 15 is 0 Å². The number of alkyl halides is 1. The van der Waals surface area contributed by atoms with Gasteiger partial charge in [-0.15, -0.1) is 11.8 Å². The summed E-state index contributed by atoms with van der Waals surface area (Å²) in [4.78, 5) is 0.883. The highest BCUT2D eigenvalue weighted by Crippen LogP contribution is 2.28. The molecule has 0 aliphatic heterocycles. The minimum Gasteiger partial charge on any atom is -0.494 e. The van der Waals surface area contributed by atoms with Crippen LogP contribution in [-0.4, -0.2) is 19.0 Å². The topological polar surface area (TPSA) is 35.2 Å². The normalized spacial score (nSPS) is 10.1. The van der Waals surface area contributed by atoms with E-state index in [1.54, 1.807) is 6.07 Å². The van der Waals surface area contributed by atoms with E-state index in [1.165, 1.54) is 11.8 Å². The van der Waals surface area contributed by atoms with E-state index in [4.69, 9.17) is 10.5 Å². The average Bonchev–Trinajstić information content (AvgIpc) is 2.19. The quantitative estimate of drug-likeness (QED) is 0.606. The van der Waals surface area contributed by atoms with Crippen LogP contribution in [0.3, 0.4) is 0 Å². The maximum Gasteiger partial charge on any atom is 0.120 e. The third kappa shape index (κ3) is 3.10. The summed E-state index contributed by atoms with van der Waals surface area (Å²) < 4.78 is 17.3. The Hall–Kier alpha value is -0.900. The Morgan fingerprint density at radius 1 is 1.50 bits per heavy atom. The Bertz CT molecular complexity index is 293. The van der Waals surface area contributed by atoms with Crippen molar-refractivity contribution in [1.82, 2.24) is 0 Å². The molecular formula is C10H14FNOS. The van der Waals surface area contributed by atoms with Crippen molar-refractivity contribution in [3.63, 3.8) is 0 Å². The molecule has 0 atom stereocenters. The number of thioether (sulfide) groups is 1. The first-order valence-corrected chi connectivity index (χ1v) is 5.47. The van der Waals surface area contributed by atoms with Crippen LogP contribution in [0, 0.1) is 0 Å². The van der Waals surface area contributed by atoms with E-state index < -0.39 is 0 Å². The van der Waals surface area contributed by atoms with E-state index in [9.17, 15) is 4.39 Å². The number of anilines is 1. The summed E-state index contributed by atoms with van der Waals surface area (Å²) in [5, 5.41) is 0. The van der Waals surface area contributed by atoms with Crippen LogP contribution >= 0.6 is 11.8 Å². The predicted molar refractivity (Wildman–Crippen MR) is 58.7 cm³/mol. The molecule has 0 bridgehead atoms. The molecule has 0 fully saturated rings. The number of nitrogens with two attached hydrogens (primary N) is 1. The summed E-state index contributed by atoms with van der Waals surface area (Å²) in [6.07, 6.45) is 0. The smallest absolute Gasteiger partial charge is 0.120 e. The molecule has 0 saturated carbocycles. The number of hydrogen-bond donors (Lipinski definition) is 1. The van der Waals surface area contributed by atoms with Gasteiger partial charge >= 0.3 is 0 Å². The molecular weight excluding hydrogens is 201 g/mol. The van der Waals surface area contributed by atoms with Crippen molar-refractivity contribution in [2.45, 2.75) is 11.8 Å². The first kappa shape index (κ1) is 11.2. The van der Waals surface area contributed by atoms with E-state index in [2.05, 4.69) is 0 Å². The van der Waals surface area contributed by atoms with Gasteiger partial charge in [-0.1, -0.05) is 0 Å². The van der Waals surface area contributed by atoms with E-state index in [1.807, 2.05) is 19.1 Å². The lowest BCUT2D eigenvalue weighted by molar-refractivity contribution is 0.339. The van der Waals surface area contributed by atoms with Gasteiger partial charge in [-0.2, -0.15) is 0 Å². The molecule has 1 rings (SSSR count). The molecule has 14 heavy (non-hydrogen) atoms. The maximum absolute atomic E-state index is 12.0. The van der Waals surface area contributed by atoms with Crippen LogP contribution in [0.5, 0.6) is 5.75 Å². The SMILES string of the molecule is CCOc1ccc(N)c(SCCF)c1. The van der Waals surface area contributed by atoms with Crippen LogP contribution in [0.4, 0.5) is 10.1 Å². The molecule has 1 aromatic carbocycles. The van der Waals surface area contributed by atoms with Crippen molar-refractivity contribution in [2.75, 3.05) is 24.8 Å². The van der Waals surface area contributed by atoms with Gasteiger partial charge in [0.15, 0.2) is 0 Å². The van der Waals surface area contributed by atoms with Crippen molar-refractivity contribution in [3.05, 3.63) is 18.2 Å². The molecule has 0 aliphatic carbocycles. The van der Waals surface area contributed by atoms with Crippen LogP contribution in [0.1, 0.15) is 6.92 Å².